The number of aryl methyl sites for hydroxylation is 2. The number of likely N-dealkylation sites (tertiary alicyclic amines) is 1. The molecule has 2 heterocycles. The van der Waals surface area contributed by atoms with Crippen LogP contribution in [0.5, 0.6) is 5.75 Å². The molecular formula is C17H27ClN2O. The molecule has 1 unspecified atom stereocenters. The van der Waals surface area contributed by atoms with Crippen molar-refractivity contribution in [3.05, 3.63) is 28.8 Å². The number of hydrogen-bond donors (Lipinski definition) is 1. The van der Waals surface area contributed by atoms with E-state index >= 15 is 0 Å². The first-order valence-electron chi connectivity index (χ1n) is 7.69. The van der Waals surface area contributed by atoms with Gasteiger partial charge in [-0.2, -0.15) is 0 Å². The SMILES string of the molecule is COc1c(C)cc(CN2CCC3(CCNC3)C2)cc1C.Cl. The van der Waals surface area contributed by atoms with E-state index < -0.39 is 0 Å². The molecule has 2 fully saturated rings. The standard InChI is InChI=1S/C17H26N2O.ClH/c1-13-8-15(9-14(2)16(13)20-3)10-19-7-5-17(12-19)4-6-18-11-17;/h8-9,18H,4-7,10-12H2,1-3H3;1H. The van der Waals surface area contributed by atoms with Crippen molar-refractivity contribution < 1.29 is 4.74 Å². The fourth-order valence-corrected chi connectivity index (χ4v) is 4.02. The number of nitrogens with zero attached hydrogens (tertiary/aromatic N) is 1. The average Bonchev–Trinajstić information content (AvgIpc) is 3.00. The summed E-state index contributed by atoms with van der Waals surface area (Å²) in [6, 6.07) is 4.56. The Kier molecular flexibility index (Phi) is 5.18. The first kappa shape index (κ1) is 16.6. The molecule has 2 aliphatic heterocycles. The highest BCUT2D eigenvalue weighted by molar-refractivity contribution is 5.85. The zero-order chi connectivity index (χ0) is 14.2. The Balaban J connectivity index is 0.00000161. The molecule has 4 heteroatoms. The van der Waals surface area contributed by atoms with Crippen molar-refractivity contribution in [3.63, 3.8) is 0 Å². The molecule has 2 aliphatic rings. The van der Waals surface area contributed by atoms with E-state index in [0.717, 1.165) is 12.3 Å². The van der Waals surface area contributed by atoms with Crippen molar-refractivity contribution >= 4 is 12.4 Å². The number of benzene rings is 1. The topological polar surface area (TPSA) is 24.5 Å². The van der Waals surface area contributed by atoms with Crippen LogP contribution < -0.4 is 10.1 Å². The van der Waals surface area contributed by atoms with E-state index in [9.17, 15) is 0 Å². The van der Waals surface area contributed by atoms with Crippen molar-refractivity contribution in [3.8, 4) is 5.75 Å². The van der Waals surface area contributed by atoms with E-state index in [1.54, 1.807) is 7.11 Å². The first-order valence-corrected chi connectivity index (χ1v) is 7.69. The molecule has 0 bridgehead atoms. The van der Waals surface area contributed by atoms with E-state index in [-0.39, 0.29) is 12.4 Å². The molecule has 1 spiro atoms. The maximum absolute atomic E-state index is 5.46. The summed E-state index contributed by atoms with van der Waals surface area (Å²) >= 11 is 0. The molecule has 0 saturated carbocycles. The molecule has 2 saturated heterocycles. The second kappa shape index (κ2) is 6.55. The number of rotatable bonds is 3. The van der Waals surface area contributed by atoms with Gasteiger partial charge in [-0.3, -0.25) is 4.90 Å². The molecule has 118 valence electrons. The number of nitrogens with one attached hydrogen (secondary N) is 1. The molecule has 1 atom stereocenters. The van der Waals surface area contributed by atoms with Gasteiger partial charge in [-0.15, -0.1) is 12.4 Å². The van der Waals surface area contributed by atoms with Crippen LogP contribution in [0.2, 0.25) is 0 Å². The lowest BCUT2D eigenvalue weighted by atomic mass is 9.86. The molecule has 0 aromatic heterocycles. The summed E-state index contributed by atoms with van der Waals surface area (Å²) in [5.41, 5.74) is 4.48. The molecule has 0 amide bonds. The minimum Gasteiger partial charge on any atom is -0.496 e. The fraction of sp³-hybridized carbons (Fsp3) is 0.647. The molecule has 3 nitrogen and oxygen atoms in total. The summed E-state index contributed by atoms with van der Waals surface area (Å²) < 4.78 is 5.46. The molecule has 1 aromatic carbocycles. The van der Waals surface area contributed by atoms with Crippen molar-refractivity contribution in [2.45, 2.75) is 33.2 Å². The van der Waals surface area contributed by atoms with Gasteiger partial charge in [0.05, 0.1) is 7.11 Å². The second-order valence-electron chi connectivity index (χ2n) is 6.65. The van der Waals surface area contributed by atoms with Crippen molar-refractivity contribution in [2.75, 3.05) is 33.3 Å². The smallest absolute Gasteiger partial charge is 0.124 e. The van der Waals surface area contributed by atoms with Gasteiger partial charge >= 0.3 is 0 Å². The summed E-state index contributed by atoms with van der Waals surface area (Å²) in [5.74, 6) is 1.03. The lowest BCUT2D eigenvalue weighted by Gasteiger charge is -2.23. The zero-order valence-corrected chi connectivity index (χ0v) is 14.2. The van der Waals surface area contributed by atoms with E-state index in [0.29, 0.717) is 5.41 Å². The van der Waals surface area contributed by atoms with E-state index in [2.05, 4.69) is 36.2 Å². The van der Waals surface area contributed by atoms with Gasteiger partial charge < -0.3 is 10.1 Å². The Morgan fingerprint density at radius 2 is 1.95 bits per heavy atom. The fourth-order valence-electron chi connectivity index (χ4n) is 4.02. The third kappa shape index (κ3) is 3.36. The summed E-state index contributed by atoms with van der Waals surface area (Å²) in [4.78, 5) is 2.62. The quantitative estimate of drug-likeness (QED) is 0.929. The normalized spacial score (nSPS) is 25.3. The lowest BCUT2D eigenvalue weighted by molar-refractivity contribution is 0.268. The Morgan fingerprint density at radius 3 is 2.52 bits per heavy atom. The predicted molar refractivity (Wildman–Crippen MR) is 89.5 cm³/mol. The zero-order valence-electron chi connectivity index (χ0n) is 13.4. The molecule has 1 aromatic rings. The molecule has 1 N–H and O–H groups in total. The van der Waals surface area contributed by atoms with E-state index in [4.69, 9.17) is 4.74 Å². The second-order valence-corrected chi connectivity index (χ2v) is 6.65. The highest BCUT2D eigenvalue weighted by Crippen LogP contribution is 2.37. The van der Waals surface area contributed by atoms with Gasteiger partial charge in [0.1, 0.15) is 5.75 Å². The van der Waals surface area contributed by atoms with Crippen LogP contribution in [0.3, 0.4) is 0 Å². The molecule has 3 rings (SSSR count). The van der Waals surface area contributed by atoms with Gasteiger partial charge in [-0.05, 0) is 61.9 Å². The lowest BCUT2D eigenvalue weighted by Crippen LogP contribution is -2.29. The molecule has 0 aliphatic carbocycles. The Hall–Kier alpha value is -0.770. The van der Waals surface area contributed by atoms with Gasteiger partial charge in [0.25, 0.3) is 0 Å². The maximum atomic E-state index is 5.46. The summed E-state index contributed by atoms with van der Waals surface area (Å²) in [5, 5.41) is 3.53. The van der Waals surface area contributed by atoms with Gasteiger partial charge in [-0.25, -0.2) is 0 Å². The van der Waals surface area contributed by atoms with Crippen LogP contribution in [0.15, 0.2) is 12.1 Å². The van der Waals surface area contributed by atoms with Crippen LogP contribution in [-0.2, 0) is 6.54 Å². The monoisotopic (exact) mass is 310 g/mol. The Morgan fingerprint density at radius 1 is 1.24 bits per heavy atom. The Labute approximate surface area is 134 Å². The number of hydrogen-bond acceptors (Lipinski definition) is 3. The van der Waals surface area contributed by atoms with E-state index in [1.165, 1.54) is 55.7 Å². The van der Waals surface area contributed by atoms with E-state index in [1.807, 2.05) is 0 Å². The van der Waals surface area contributed by atoms with Crippen LogP contribution in [0.4, 0.5) is 0 Å². The van der Waals surface area contributed by atoms with Crippen molar-refractivity contribution in [1.29, 1.82) is 0 Å². The summed E-state index contributed by atoms with van der Waals surface area (Å²) in [6.07, 6.45) is 2.71. The van der Waals surface area contributed by atoms with Gasteiger partial charge in [0.15, 0.2) is 0 Å². The number of ether oxygens (including phenoxy) is 1. The minimum atomic E-state index is 0. The summed E-state index contributed by atoms with van der Waals surface area (Å²) in [6.45, 7) is 10.3. The average molecular weight is 311 g/mol. The third-order valence-electron chi connectivity index (χ3n) is 4.98. The molecule has 0 radical (unpaired) electrons. The van der Waals surface area contributed by atoms with Gasteiger partial charge in [0, 0.05) is 19.6 Å². The number of methoxy groups -OCH3 is 1. The van der Waals surface area contributed by atoms with Crippen molar-refractivity contribution in [1.82, 2.24) is 10.2 Å². The van der Waals surface area contributed by atoms with Crippen LogP contribution in [0, 0.1) is 19.3 Å². The largest absolute Gasteiger partial charge is 0.496 e. The van der Waals surface area contributed by atoms with Crippen LogP contribution >= 0.6 is 12.4 Å². The Bertz CT molecular complexity index is 475. The first-order chi connectivity index (χ1) is 9.62. The minimum absolute atomic E-state index is 0. The molecule has 21 heavy (non-hydrogen) atoms. The van der Waals surface area contributed by atoms with Crippen LogP contribution in [0.25, 0.3) is 0 Å². The van der Waals surface area contributed by atoms with Crippen LogP contribution in [-0.4, -0.2) is 38.2 Å². The van der Waals surface area contributed by atoms with Crippen molar-refractivity contribution in [2.24, 2.45) is 5.41 Å². The highest BCUT2D eigenvalue weighted by atomic mass is 35.5. The maximum Gasteiger partial charge on any atom is 0.124 e. The van der Waals surface area contributed by atoms with Crippen LogP contribution in [0.1, 0.15) is 29.5 Å². The highest BCUT2D eigenvalue weighted by Gasteiger charge is 2.39. The summed E-state index contributed by atoms with van der Waals surface area (Å²) in [7, 11) is 1.76. The van der Waals surface area contributed by atoms with Gasteiger partial charge in [0.2, 0.25) is 0 Å². The third-order valence-corrected chi connectivity index (χ3v) is 4.98. The number of halogens is 1. The van der Waals surface area contributed by atoms with Gasteiger partial charge in [-0.1, -0.05) is 12.1 Å². The predicted octanol–water partition coefficient (Wildman–Crippen LogP) is 2.92. The molecular weight excluding hydrogens is 284 g/mol.